The van der Waals surface area contributed by atoms with Gasteiger partial charge in [-0.25, -0.2) is 9.98 Å². The molecular formula is C11H15N3. The minimum absolute atomic E-state index is 0.690. The fourth-order valence-electron chi connectivity index (χ4n) is 1.02. The molecule has 0 spiro atoms. The van der Waals surface area contributed by atoms with Crippen LogP contribution in [0.25, 0.3) is 0 Å². The van der Waals surface area contributed by atoms with Crippen molar-refractivity contribution in [3.8, 4) is 0 Å². The Morgan fingerprint density at radius 3 is 2.43 bits per heavy atom. The number of guanidine groups is 1. The molecule has 0 bridgehead atoms. The third-order valence-electron chi connectivity index (χ3n) is 1.57. The van der Waals surface area contributed by atoms with Crippen LogP contribution in [0.3, 0.4) is 0 Å². The minimum atomic E-state index is 0.690. The van der Waals surface area contributed by atoms with Crippen molar-refractivity contribution in [2.24, 2.45) is 9.98 Å². The van der Waals surface area contributed by atoms with Crippen LogP contribution in [0.5, 0.6) is 0 Å². The second-order valence-corrected chi connectivity index (χ2v) is 2.47. The molecule has 14 heavy (non-hydrogen) atoms. The van der Waals surface area contributed by atoms with Gasteiger partial charge in [-0.1, -0.05) is 32.0 Å². The van der Waals surface area contributed by atoms with Crippen LogP contribution >= 0.6 is 0 Å². The van der Waals surface area contributed by atoms with Crippen molar-refractivity contribution >= 4 is 17.9 Å². The Kier molecular flexibility index (Phi) is 4.41. The largest absolute Gasteiger partial charge is 0.324 e. The van der Waals surface area contributed by atoms with E-state index in [1.807, 2.05) is 44.2 Å². The molecule has 1 aliphatic rings. The van der Waals surface area contributed by atoms with Crippen LogP contribution in [0.2, 0.25) is 0 Å². The van der Waals surface area contributed by atoms with E-state index in [-0.39, 0.29) is 0 Å². The zero-order chi connectivity index (χ0) is 10.2. The zero-order valence-electron chi connectivity index (χ0n) is 8.57. The molecule has 3 heteroatoms. The van der Waals surface area contributed by atoms with E-state index in [2.05, 4.69) is 15.3 Å². The summed E-state index contributed by atoms with van der Waals surface area (Å²) in [6, 6.07) is 9.89. The lowest BCUT2D eigenvalue weighted by molar-refractivity contribution is 1.35. The summed E-state index contributed by atoms with van der Waals surface area (Å²) >= 11 is 0. The second kappa shape index (κ2) is 5.91. The summed E-state index contributed by atoms with van der Waals surface area (Å²) in [6.07, 6.45) is 1.78. The van der Waals surface area contributed by atoms with Gasteiger partial charge in [-0.3, -0.25) is 0 Å². The van der Waals surface area contributed by atoms with E-state index in [1.54, 1.807) is 6.21 Å². The maximum Gasteiger partial charge on any atom is 0.222 e. The van der Waals surface area contributed by atoms with Crippen LogP contribution in [0.1, 0.15) is 13.8 Å². The van der Waals surface area contributed by atoms with Crippen LogP contribution in [0, 0.1) is 0 Å². The first-order valence-electron chi connectivity index (χ1n) is 4.84. The number of hydrogen-bond donors (Lipinski definition) is 1. The summed E-state index contributed by atoms with van der Waals surface area (Å²) in [4.78, 5) is 8.16. The van der Waals surface area contributed by atoms with E-state index in [4.69, 9.17) is 0 Å². The third kappa shape index (κ3) is 3.01. The van der Waals surface area contributed by atoms with Crippen molar-refractivity contribution in [1.82, 2.24) is 0 Å². The van der Waals surface area contributed by atoms with Crippen molar-refractivity contribution in [2.75, 3.05) is 11.9 Å². The predicted molar refractivity (Wildman–Crippen MR) is 62.2 cm³/mol. The van der Waals surface area contributed by atoms with Crippen molar-refractivity contribution in [3.63, 3.8) is 0 Å². The van der Waals surface area contributed by atoms with E-state index in [1.165, 1.54) is 0 Å². The summed E-state index contributed by atoms with van der Waals surface area (Å²) in [5, 5.41) is 3.09. The molecular weight excluding hydrogens is 174 g/mol. The van der Waals surface area contributed by atoms with E-state index >= 15 is 0 Å². The molecule has 0 aromatic heterocycles. The van der Waals surface area contributed by atoms with Gasteiger partial charge in [0.2, 0.25) is 5.96 Å². The Hall–Kier alpha value is -1.64. The van der Waals surface area contributed by atoms with Gasteiger partial charge in [0.15, 0.2) is 0 Å². The smallest absolute Gasteiger partial charge is 0.222 e. The van der Waals surface area contributed by atoms with E-state index in [0.717, 1.165) is 5.69 Å². The SMILES string of the molecule is C1=NC(Nc2ccccc2)=NC1.CC. The van der Waals surface area contributed by atoms with Gasteiger partial charge in [0.25, 0.3) is 0 Å². The minimum Gasteiger partial charge on any atom is -0.324 e. The Balaban J connectivity index is 0.000000461. The summed E-state index contributed by atoms with van der Waals surface area (Å²) in [7, 11) is 0. The molecule has 0 radical (unpaired) electrons. The lowest BCUT2D eigenvalue weighted by Gasteiger charge is -2.01. The number of nitrogens with zero attached hydrogens (tertiary/aromatic N) is 2. The molecule has 3 nitrogen and oxygen atoms in total. The van der Waals surface area contributed by atoms with Crippen LogP contribution in [0.4, 0.5) is 5.69 Å². The number of aliphatic imine (C=N–C) groups is 2. The van der Waals surface area contributed by atoms with E-state index in [9.17, 15) is 0 Å². The van der Waals surface area contributed by atoms with Crippen LogP contribution in [0.15, 0.2) is 40.3 Å². The summed E-state index contributed by atoms with van der Waals surface area (Å²) in [5.74, 6) is 0.696. The monoisotopic (exact) mass is 189 g/mol. The highest BCUT2D eigenvalue weighted by Crippen LogP contribution is 2.05. The molecule has 0 atom stereocenters. The maximum atomic E-state index is 4.11. The van der Waals surface area contributed by atoms with Gasteiger partial charge in [0, 0.05) is 11.9 Å². The molecule has 0 fully saturated rings. The first-order chi connectivity index (χ1) is 6.95. The van der Waals surface area contributed by atoms with Gasteiger partial charge < -0.3 is 5.32 Å². The average molecular weight is 189 g/mol. The first kappa shape index (κ1) is 10.4. The van der Waals surface area contributed by atoms with Crippen LogP contribution in [-0.2, 0) is 0 Å². The van der Waals surface area contributed by atoms with Crippen molar-refractivity contribution < 1.29 is 0 Å². The quantitative estimate of drug-likeness (QED) is 0.724. The predicted octanol–water partition coefficient (Wildman–Crippen LogP) is 2.57. The highest BCUT2D eigenvalue weighted by Gasteiger charge is 1.99. The molecule has 74 valence electrons. The molecule has 2 rings (SSSR count). The number of para-hydroxylation sites is 1. The number of anilines is 1. The van der Waals surface area contributed by atoms with Crippen molar-refractivity contribution in [1.29, 1.82) is 0 Å². The van der Waals surface area contributed by atoms with Crippen LogP contribution in [-0.4, -0.2) is 18.7 Å². The van der Waals surface area contributed by atoms with Crippen molar-refractivity contribution in [2.45, 2.75) is 13.8 Å². The first-order valence-corrected chi connectivity index (χ1v) is 4.84. The zero-order valence-corrected chi connectivity index (χ0v) is 8.57. The van der Waals surface area contributed by atoms with Gasteiger partial charge in [-0.15, -0.1) is 0 Å². The molecule has 1 N–H and O–H groups in total. The second-order valence-electron chi connectivity index (χ2n) is 2.47. The fourth-order valence-corrected chi connectivity index (χ4v) is 1.02. The molecule has 0 saturated carbocycles. The maximum absolute atomic E-state index is 4.11. The molecule has 1 aromatic rings. The summed E-state index contributed by atoms with van der Waals surface area (Å²) in [6.45, 7) is 4.69. The van der Waals surface area contributed by atoms with Gasteiger partial charge in [0.05, 0.1) is 6.54 Å². The lowest BCUT2D eigenvalue weighted by atomic mass is 10.3. The van der Waals surface area contributed by atoms with Gasteiger partial charge in [-0.05, 0) is 12.1 Å². The summed E-state index contributed by atoms with van der Waals surface area (Å²) < 4.78 is 0. The normalized spacial score (nSPS) is 12.9. The van der Waals surface area contributed by atoms with Crippen molar-refractivity contribution in [3.05, 3.63) is 30.3 Å². The standard InChI is InChI=1S/C9H9N3.C2H6/c1-2-4-8(5-3-1)12-9-10-6-7-11-9;1-2/h1-6H,7H2,(H,11,12);1-2H3. The lowest BCUT2D eigenvalue weighted by Crippen LogP contribution is -2.05. The molecule has 0 aliphatic carbocycles. The number of hydrogen-bond acceptors (Lipinski definition) is 3. The third-order valence-corrected chi connectivity index (χ3v) is 1.57. The molecule has 1 heterocycles. The number of benzene rings is 1. The number of nitrogens with one attached hydrogen (secondary N) is 1. The van der Waals surface area contributed by atoms with Gasteiger partial charge in [0.1, 0.15) is 0 Å². The molecule has 0 unspecified atom stereocenters. The summed E-state index contributed by atoms with van der Waals surface area (Å²) in [5.41, 5.74) is 1.02. The van der Waals surface area contributed by atoms with E-state index in [0.29, 0.717) is 12.5 Å². The highest BCUT2D eigenvalue weighted by molar-refractivity contribution is 6.01. The van der Waals surface area contributed by atoms with E-state index < -0.39 is 0 Å². The topological polar surface area (TPSA) is 36.8 Å². The Bertz CT molecular complexity index is 315. The Morgan fingerprint density at radius 2 is 1.86 bits per heavy atom. The van der Waals surface area contributed by atoms with Gasteiger partial charge >= 0.3 is 0 Å². The van der Waals surface area contributed by atoms with Gasteiger partial charge in [-0.2, -0.15) is 0 Å². The number of rotatable bonds is 1. The Morgan fingerprint density at radius 1 is 1.14 bits per heavy atom. The molecule has 0 amide bonds. The average Bonchev–Trinajstić information content (AvgIpc) is 2.75. The molecule has 1 aliphatic heterocycles. The fraction of sp³-hybridized carbons (Fsp3) is 0.273. The van der Waals surface area contributed by atoms with Crippen LogP contribution < -0.4 is 5.32 Å². The molecule has 1 aromatic carbocycles. The highest BCUT2D eigenvalue weighted by atomic mass is 15.2. The Labute approximate surface area is 84.6 Å². The molecule has 0 saturated heterocycles.